The lowest BCUT2D eigenvalue weighted by molar-refractivity contribution is 0.370. The lowest BCUT2D eigenvalue weighted by Crippen LogP contribution is -2.22. The SMILES string of the molecule is Cc1noc(CCNC(C)c2ccccc2C)n1. The lowest BCUT2D eigenvalue weighted by Gasteiger charge is -2.15. The minimum absolute atomic E-state index is 0.329. The summed E-state index contributed by atoms with van der Waals surface area (Å²) in [5.74, 6) is 1.38. The fourth-order valence-electron chi connectivity index (χ4n) is 2.02. The van der Waals surface area contributed by atoms with E-state index in [-0.39, 0.29) is 0 Å². The Morgan fingerprint density at radius 1 is 1.28 bits per heavy atom. The van der Waals surface area contributed by atoms with Crippen LogP contribution in [0.3, 0.4) is 0 Å². The topological polar surface area (TPSA) is 51.0 Å². The summed E-state index contributed by atoms with van der Waals surface area (Å²) >= 11 is 0. The van der Waals surface area contributed by atoms with Gasteiger partial charge < -0.3 is 9.84 Å². The maximum absolute atomic E-state index is 5.07. The van der Waals surface area contributed by atoms with Gasteiger partial charge in [0.05, 0.1) is 0 Å². The van der Waals surface area contributed by atoms with Crippen LogP contribution in [0.4, 0.5) is 0 Å². The molecule has 4 heteroatoms. The summed E-state index contributed by atoms with van der Waals surface area (Å²) in [6.07, 6.45) is 0.761. The van der Waals surface area contributed by atoms with Crippen molar-refractivity contribution in [2.24, 2.45) is 0 Å². The Morgan fingerprint density at radius 2 is 2.06 bits per heavy atom. The first-order chi connectivity index (χ1) is 8.66. The summed E-state index contributed by atoms with van der Waals surface area (Å²) in [5.41, 5.74) is 2.64. The van der Waals surface area contributed by atoms with Gasteiger partial charge in [-0.3, -0.25) is 0 Å². The molecule has 96 valence electrons. The minimum atomic E-state index is 0.329. The van der Waals surface area contributed by atoms with E-state index >= 15 is 0 Å². The van der Waals surface area contributed by atoms with E-state index in [1.54, 1.807) is 0 Å². The van der Waals surface area contributed by atoms with E-state index in [4.69, 9.17) is 4.52 Å². The Morgan fingerprint density at radius 3 is 2.72 bits per heavy atom. The molecule has 2 rings (SSSR count). The molecule has 0 fully saturated rings. The molecule has 0 amide bonds. The highest BCUT2D eigenvalue weighted by molar-refractivity contribution is 5.28. The number of rotatable bonds is 5. The van der Waals surface area contributed by atoms with E-state index in [2.05, 4.69) is 53.6 Å². The van der Waals surface area contributed by atoms with Crippen LogP contribution in [0.25, 0.3) is 0 Å². The van der Waals surface area contributed by atoms with Crippen LogP contribution < -0.4 is 5.32 Å². The number of hydrogen-bond donors (Lipinski definition) is 1. The van der Waals surface area contributed by atoms with Crippen molar-refractivity contribution in [2.45, 2.75) is 33.2 Å². The van der Waals surface area contributed by atoms with Crippen molar-refractivity contribution in [3.05, 3.63) is 47.1 Å². The van der Waals surface area contributed by atoms with Crippen LogP contribution in [0, 0.1) is 13.8 Å². The molecule has 18 heavy (non-hydrogen) atoms. The average Bonchev–Trinajstić information content (AvgIpc) is 2.75. The number of aryl methyl sites for hydroxylation is 2. The van der Waals surface area contributed by atoms with E-state index in [0.717, 1.165) is 13.0 Å². The molecule has 0 saturated carbocycles. The summed E-state index contributed by atoms with van der Waals surface area (Å²) in [7, 11) is 0. The van der Waals surface area contributed by atoms with Gasteiger partial charge in [0.2, 0.25) is 5.89 Å². The number of benzene rings is 1. The van der Waals surface area contributed by atoms with Gasteiger partial charge in [0, 0.05) is 19.0 Å². The predicted molar refractivity (Wildman–Crippen MR) is 70.3 cm³/mol. The summed E-state index contributed by atoms with van der Waals surface area (Å²) in [5, 5.41) is 7.24. The molecule has 1 aromatic carbocycles. The molecule has 2 aromatic rings. The third-order valence-electron chi connectivity index (χ3n) is 3.01. The highest BCUT2D eigenvalue weighted by atomic mass is 16.5. The second-order valence-corrected chi connectivity index (χ2v) is 4.52. The first-order valence-electron chi connectivity index (χ1n) is 6.25. The number of aromatic nitrogens is 2. The summed E-state index contributed by atoms with van der Waals surface area (Å²) in [6, 6.07) is 8.75. The van der Waals surface area contributed by atoms with Crippen molar-refractivity contribution in [1.82, 2.24) is 15.5 Å². The molecule has 0 aliphatic heterocycles. The Kier molecular flexibility index (Phi) is 4.10. The van der Waals surface area contributed by atoms with Gasteiger partial charge in [-0.15, -0.1) is 0 Å². The summed E-state index contributed by atoms with van der Waals surface area (Å²) in [4.78, 5) is 4.18. The Labute approximate surface area is 107 Å². The van der Waals surface area contributed by atoms with Crippen molar-refractivity contribution < 1.29 is 4.52 Å². The molecule has 1 atom stereocenters. The minimum Gasteiger partial charge on any atom is -0.339 e. The molecule has 0 aliphatic carbocycles. The van der Waals surface area contributed by atoms with Crippen LogP contribution in [0.2, 0.25) is 0 Å². The third-order valence-corrected chi connectivity index (χ3v) is 3.01. The van der Waals surface area contributed by atoms with Crippen molar-refractivity contribution in [3.63, 3.8) is 0 Å². The Bertz CT molecular complexity index is 507. The molecule has 0 spiro atoms. The number of hydrogen-bond acceptors (Lipinski definition) is 4. The third kappa shape index (κ3) is 3.17. The molecule has 1 aromatic heterocycles. The van der Waals surface area contributed by atoms with Gasteiger partial charge in [-0.25, -0.2) is 0 Å². The molecular formula is C14H19N3O. The molecule has 4 nitrogen and oxygen atoms in total. The summed E-state index contributed by atoms with van der Waals surface area (Å²) in [6.45, 7) is 6.96. The zero-order valence-electron chi connectivity index (χ0n) is 11.1. The monoisotopic (exact) mass is 245 g/mol. The van der Waals surface area contributed by atoms with Gasteiger partial charge in [0.15, 0.2) is 5.82 Å². The normalized spacial score (nSPS) is 12.6. The number of nitrogens with zero attached hydrogens (tertiary/aromatic N) is 2. The molecule has 0 saturated heterocycles. The van der Waals surface area contributed by atoms with Gasteiger partial charge in [0.1, 0.15) is 0 Å². The summed E-state index contributed by atoms with van der Waals surface area (Å²) < 4.78 is 5.07. The molecule has 0 aliphatic rings. The number of nitrogens with one attached hydrogen (secondary N) is 1. The molecule has 1 N–H and O–H groups in total. The Hall–Kier alpha value is -1.68. The van der Waals surface area contributed by atoms with Crippen LogP contribution in [-0.4, -0.2) is 16.7 Å². The van der Waals surface area contributed by atoms with Crippen molar-refractivity contribution >= 4 is 0 Å². The van der Waals surface area contributed by atoms with Crippen LogP contribution in [0.1, 0.15) is 35.8 Å². The molecular weight excluding hydrogens is 226 g/mol. The van der Waals surface area contributed by atoms with E-state index in [9.17, 15) is 0 Å². The zero-order valence-corrected chi connectivity index (χ0v) is 11.1. The second-order valence-electron chi connectivity index (χ2n) is 4.52. The fourth-order valence-corrected chi connectivity index (χ4v) is 2.02. The van der Waals surface area contributed by atoms with Crippen LogP contribution in [0.15, 0.2) is 28.8 Å². The Balaban J connectivity index is 1.85. The molecule has 0 bridgehead atoms. The van der Waals surface area contributed by atoms with Crippen molar-refractivity contribution in [1.29, 1.82) is 0 Å². The first-order valence-corrected chi connectivity index (χ1v) is 6.25. The molecule has 0 radical (unpaired) electrons. The standard InChI is InChI=1S/C14H19N3O/c1-10-6-4-5-7-13(10)11(2)15-9-8-14-16-12(3)17-18-14/h4-7,11,15H,8-9H2,1-3H3. The van der Waals surface area contributed by atoms with Crippen molar-refractivity contribution in [2.75, 3.05) is 6.54 Å². The highest BCUT2D eigenvalue weighted by Gasteiger charge is 2.08. The van der Waals surface area contributed by atoms with Gasteiger partial charge in [-0.1, -0.05) is 29.4 Å². The largest absolute Gasteiger partial charge is 0.339 e. The van der Waals surface area contributed by atoms with Gasteiger partial charge >= 0.3 is 0 Å². The average molecular weight is 245 g/mol. The first kappa shape index (κ1) is 12.8. The predicted octanol–water partition coefficient (Wildman–Crippen LogP) is 2.58. The maximum Gasteiger partial charge on any atom is 0.227 e. The fraction of sp³-hybridized carbons (Fsp3) is 0.429. The zero-order chi connectivity index (χ0) is 13.0. The molecule has 1 heterocycles. The second kappa shape index (κ2) is 5.78. The van der Waals surface area contributed by atoms with Crippen LogP contribution in [-0.2, 0) is 6.42 Å². The van der Waals surface area contributed by atoms with Crippen molar-refractivity contribution in [3.8, 4) is 0 Å². The van der Waals surface area contributed by atoms with Gasteiger partial charge in [-0.05, 0) is 31.9 Å². The van der Waals surface area contributed by atoms with E-state index in [1.165, 1.54) is 11.1 Å². The van der Waals surface area contributed by atoms with E-state index in [1.807, 2.05) is 6.92 Å². The van der Waals surface area contributed by atoms with Crippen LogP contribution >= 0.6 is 0 Å². The van der Waals surface area contributed by atoms with Gasteiger partial charge in [0.25, 0.3) is 0 Å². The smallest absolute Gasteiger partial charge is 0.227 e. The quantitative estimate of drug-likeness (QED) is 0.879. The maximum atomic E-state index is 5.07. The molecule has 1 unspecified atom stereocenters. The van der Waals surface area contributed by atoms with Gasteiger partial charge in [-0.2, -0.15) is 4.98 Å². The van der Waals surface area contributed by atoms with E-state index in [0.29, 0.717) is 17.8 Å². The van der Waals surface area contributed by atoms with Crippen LogP contribution in [0.5, 0.6) is 0 Å². The van der Waals surface area contributed by atoms with E-state index < -0.39 is 0 Å². The highest BCUT2D eigenvalue weighted by Crippen LogP contribution is 2.16. The lowest BCUT2D eigenvalue weighted by atomic mass is 10.0.